The molecule has 3 aromatic carbocycles. The van der Waals surface area contributed by atoms with Crippen LogP contribution < -0.4 is 10.1 Å². The third kappa shape index (κ3) is 5.05. The molecule has 1 amide bonds. The highest BCUT2D eigenvalue weighted by atomic mass is 127. The third-order valence-electron chi connectivity index (χ3n) is 4.54. The first-order valence-electron chi connectivity index (χ1n) is 9.33. The summed E-state index contributed by atoms with van der Waals surface area (Å²) in [5.74, 6) is 0.759. The fourth-order valence-corrected chi connectivity index (χ4v) is 3.86. The van der Waals surface area contributed by atoms with Crippen molar-refractivity contribution in [1.29, 1.82) is 0 Å². The molecule has 1 aromatic heterocycles. The smallest absolute Gasteiger partial charge is 0.267 e. The van der Waals surface area contributed by atoms with Crippen LogP contribution >= 0.6 is 50.1 Å². The number of aromatic nitrogens is 1. The maximum Gasteiger partial charge on any atom is 0.267 e. The van der Waals surface area contributed by atoms with Gasteiger partial charge in [0.2, 0.25) is 5.89 Å². The highest BCUT2D eigenvalue weighted by Crippen LogP contribution is 2.32. The van der Waals surface area contributed by atoms with Gasteiger partial charge < -0.3 is 14.5 Å². The summed E-state index contributed by atoms with van der Waals surface area (Å²) in [5.41, 5.74) is 1.46. The van der Waals surface area contributed by atoms with E-state index in [1.807, 2.05) is 30.3 Å². The lowest BCUT2D eigenvalue weighted by atomic mass is 10.1. The number of nitrogens with one attached hydrogen (secondary N) is 1. The lowest BCUT2D eigenvalue weighted by Crippen LogP contribution is -2.42. The molecule has 31 heavy (non-hydrogen) atoms. The van der Waals surface area contributed by atoms with E-state index in [9.17, 15) is 4.79 Å². The molecular weight excluding hydrogens is 595 g/mol. The van der Waals surface area contributed by atoms with E-state index < -0.39 is 5.60 Å². The molecule has 0 fully saturated rings. The molecule has 0 unspecified atom stereocenters. The standard InChI is InChI=1S/C23H17BrClIN2O3/c1-23(2,31-16-7-3-13(24)4-8-16)22(29)27-15-6-10-20-19(12-15)28-21(30-20)17-11-14(26)5-9-18(17)25/h3-12H,1-2H3,(H,27,29). The summed E-state index contributed by atoms with van der Waals surface area (Å²) in [4.78, 5) is 17.4. The molecule has 0 aliphatic carbocycles. The van der Waals surface area contributed by atoms with Crippen molar-refractivity contribution < 1.29 is 13.9 Å². The summed E-state index contributed by atoms with van der Waals surface area (Å²) in [6.45, 7) is 3.44. The second-order valence-electron chi connectivity index (χ2n) is 7.35. The molecule has 4 rings (SSSR count). The van der Waals surface area contributed by atoms with Crippen LogP contribution in [0.3, 0.4) is 0 Å². The number of hydrogen-bond donors (Lipinski definition) is 1. The number of carbonyl (C=O) groups is 1. The van der Waals surface area contributed by atoms with Gasteiger partial charge in [-0.3, -0.25) is 4.79 Å². The van der Waals surface area contributed by atoms with Crippen LogP contribution in [0.25, 0.3) is 22.6 Å². The van der Waals surface area contributed by atoms with E-state index in [4.69, 9.17) is 20.8 Å². The van der Waals surface area contributed by atoms with Gasteiger partial charge in [0.1, 0.15) is 11.3 Å². The highest BCUT2D eigenvalue weighted by molar-refractivity contribution is 14.1. The maximum atomic E-state index is 12.8. The fourth-order valence-electron chi connectivity index (χ4n) is 2.91. The average Bonchev–Trinajstić information content (AvgIpc) is 3.14. The molecule has 0 bridgehead atoms. The third-order valence-corrected chi connectivity index (χ3v) is 6.07. The second kappa shape index (κ2) is 8.80. The first-order valence-corrected chi connectivity index (χ1v) is 11.6. The summed E-state index contributed by atoms with van der Waals surface area (Å²) in [6.07, 6.45) is 0. The number of amides is 1. The van der Waals surface area contributed by atoms with Gasteiger partial charge in [-0.25, -0.2) is 4.98 Å². The van der Waals surface area contributed by atoms with Gasteiger partial charge in [0.05, 0.1) is 10.6 Å². The van der Waals surface area contributed by atoms with Crippen LogP contribution in [-0.4, -0.2) is 16.5 Å². The van der Waals surface area contributed by atoms with Crippen molar-refractivity contribution in [2.75, 3.05) is 5.32 Å². The van der Waals surface area contributed by atoms with Gasteiger partial charge in [0, 0.05) is 13.7 Å². The highest BCUT2D eigenvalue weighted by Gasteiger charge is 2.30. The van der Waals surface area contributed by atoms with Gasteiger partial charge in [-0.05, 0) is 97.1 Å². The SMILES string of the molecule is CC(C)(Oc1ccc(Br)cc1)C(=O)Nc1ccc2oc(-c3cc(I)ccc3Cl)nc2c1. The predicted octanol–water partition coefficient (Wildman–Crippen LogP) is 7.31. The van der Waals surface area contributed by atoms with Gasteiger partial charge in [-0.15, -0.1) is 0 Å². The Kier molecular flexibility index (Phi) is 6.27. The Labute approximate surface area is 206 Å². The van der Waals surface area contributed by atoms with E-state index in [0.29, 0.717) is 33.4 Å². The number of ether oxygens (including phenoxy) is 1. The number of anilines is 1. The molecule has 1 N–H and O–H groups in total. The first-order chi connectivity index (χ1) is 14.7. The van der Waals surface area contributed by atoms with E-state index in [1.165, 1.54) is 0 Å². The number of nitrogens with zero attached hydrogens (tertiary/aromatic N) is 1. The van der Waals surface area contributed by atoms with Crippen molar-refractivity contribution in [3.05, 3.63) is 73.7 Å². The molecule has 0 saturated heterocycles. The van der Waals surface area contributed by atoms with Gasteiger partial charge in [0.15, 0.2) is 11.2 Å². The Morgan fingerprint density at radius 2 is 1.87 bits per heavy atom. The van der Waals surface area contributed by atoms with E-state index in [0.717, 1.165) is 13.6 Å². The number of fused-ring (bicyclic) bond motifs is 1. The molecular formula is C23H17BrClIN2O3. The van der Waals surface area contributed by atoms with Crippen LogP contribution in [0.5, 0.6) is 5.75 Å². The van der Waals surface area contributed by atoms with Crippen LogP contribution in [0.2, 0.25) is 5.02 Å². The zero-order valence-corrected chi connectivity index (χ0v) is 21.1. The minimum absolute atomic E-state index is 0.279. The van der Waals surface area contributed by atoms with Gasteiger partial charge in [-0.1, -0.05) is 27.5 Å². The van der Waals surface area contributed by atoms with Crippen molar-refractivity contribution in [3.8, 4) is 17.2 Å². The Balaban J connectivity index is 1.55. The molecule has 4 aromatic rings. The molecule has 8 heteroatoms. The zero-order chi connectivity index (χ0) is 22.2. The Hall–Kier alpha value is -2.10. The first kappa shape index (κ1) is 22.1. The molecule has 0 aliphatic heterocycles. The van der Waals surface area contributed by atoms with Crippen LogP contribution in [0.15, 0.2) is 69.6 Å². The number of carbonyl (C=O) groups excluding carboxylic acids is 1. The van der Waals surface area contributed by atoms with E-state index in [1.54, 1.807) is 44.2 Å². The summed E-state index contributed by atoms with van der Waals surface area (Å²) in [6, 6.07) is 18.3. The molecule has 0 spiro atoms. The quantitative estimate of drug-likeness (QED) is 0.241. The van der Waals surface area contributed by atoms with E-state index in [2.05, 4.69) is 48.8 Å². The number of oxazole rings is 1. The van der Waals surface area contributed by atoms with E-state index in [-0.39, 0.29) is 5.91 Å². The summed E-state index contributed by atoms with van der Waals surface area (Å²) >= 11 is 11.9. The largest absolute Gasteiger partial charge is 0.478 e. The summed E-state index contributed by atoms with van der Waals surface area (Å²) in [5, 5.41) is 3.46. The van der Waals surface area contributed by atoms with Crippen molar-refractivity contribution >= 4 is 72.8 Å². The Morgan fingerprint density at radius 1 is 1.13 bits per heavy atom. The molecule has 158 valence electrons. The molecule has 0 aliphatic rings. The average molecular weight is 612 g/mol. The van der Waals surface area contributed by atoms with E-state index >= 15 is 0 Å². The molecule has 0 radical (unpaired) electrons. The minimum atomic E-state index is -1.08. The molecule has 0 atom stereocenters. The molecule has 1 heterocycles. The summed E-state index contributed by atoms with van der Waals surface area (Å²) in [7, 11) is 0. The van der Waals surface area contributed by atoms with Crippen molar-refractivity contribution in [2.45, 2.75) is 19.4 Å². The van der Waals surface area contributed by atoms with Crippen molar-refractivity contribution in [1.82, 2.24) is 4.98 Å². The maximum absolute atomic E-state index is 12.8. The molecule has 5 nitrogen and oxygen atoms in total. The van der Waals surface area contributed by atoms with Gasteiger partial charge in [0.25, 0.3) is 5.91 Å². The Bertz CT molecular complexity index is 1270. The lowest BCUT2D eigenvalue weighted by Gasteiger charge is -2.25. The minimum Gasteiger partial charge on any atom is -0.478 e. The monoisotopic (exact) mass is 610 g/mol. The van der Waals surface area contributed by atoms with Gasteiger partial charge >= 0.3 is 0 Å². The molecule has 0 saturated carbocycles. The second-order valence-corrected chi connectivity index (χ2v) is 9.91. The van der Waals surface area contributed by atoms with Crippen LogP contribution in [0, 0.1) is 3.57 Å². The summed E-state index contributed by atoms with van der Waals surface area (Å²) < 4.78 is 13.7. The number of benzene rings is 3. The topological polar surface area (TPSA) is 64.4 Å². The van der Waals surface area contributed by atoms with Crippen molar-refractivity contribution in [2.24, 2.45) is 0 Å². The lowest BCUT2D eigenvalue weighted by molar-refractivity contribution is -0.128. The zero-order valence-electron chi connectivity index (χ0n) is 16.6. The number of rotatable bonds is 5. The Morgan fingerprint density at radius 3 is 2.61 bits per heavy atom. The van der Waals surface area contributed by atoms with Crippen LogP contribution in [0.1, 0.15) is 13.8 Å². The number of hydrogen-bond acceptors (Lipinski definition) is 4. The normalized spacial score (nSPS) is 11.5. The van der Waals surface area contributed by atoms with Gasteiger partial charge in [-0.2, -0.15) is 0 Å². The van der Waals surface area contributed by atoms with Crippen molar-refractivity contribution in [3.63, 3.8) is 0 Å². The fraction of sp³-hybridized carbons (Fsp3) is 0.130. The predicted molar refractivity (Wildman–Crippen MR) is 135 cm³/mol. The van der Waals surface area contributed by atoms with Crippen LogP contribution in [0.4, 0.5) is 5.69 Å². The van der Waals surface area contributed by atoms with Crippen LogP contribution in [-0.2, 0) is 4.79 Å². The number of halogens is 3.